The number of esters is 2. The van der Waals surface area contributed by atoms with Crippen molar-refractivity contribution in [3.63, 3.8) is 0 Å². The van der Waals surface area contributed by atoms with Gasteiger partial charge in [-0.25, -0.2) is 19.2 Å². The Morgan fingerprint density at radius 3 is 1.91 bits per heavy atom. The van der Waals surface area contributed by atoms with Crippen molar-refractivity contribution in [2.75, 3.05) is 26.3 Å². The van der Waals surface area contributed by atoms with Crippen LogP contribution in [0.3, 0.4) is 0 Å². The maximum atomic E-state index is 11.7. The van der Waals surface area contributed by atoms with Crippen LogP contribution in [0.15, 0.2) is 35.5 Å². The second-order valence-electron chi connectivity index (χ2n) is 7.39. The molecule has 0 aliphatic rings. The molecule has 1 rings (SSSR count). The van der Waals surface area contributed by atoms with Crippen LogP contribution in [0.1, 0.15) is 45.5 Å². The molecule has 12 nitrogen and oxygen atoms in total. The molecule has 0 spiro atoms. The summed E-state index contributed by atoms with van der Waals surface area (Å²) in [6, 6.07) is 1.47. The Balaban J connectivity index is 0.000000662. The fourth-order valence-electron chi connectivity index (χ4n) is 1.97. The van der Waals surface area contributed by atoms with Gasteiger partial charge in [0.1, 0.15) is 13.2 Å². The molecule has 12 heteroatoms. The molecule has 0 saturated carbocycles. The summed E-state index contributed by atoms with van der Waals surface area (Å²) in [5.41, 5.74) is 2.89. The fourth-order valence-corrected chi connectivity index (χ4v) is 1.97. The quantitative estimate of drug-likeness (QED) is 0.126. The van der Waals surface area contributed by atoms with E-state index < -0.39 is 18.0 Å². The highest BCUT2D eigenvalue weighted by Crippen LogP contribution is 2.00. The number of carbonyl (C=O) groups excluding carboxylic acids is 4. The summed E-state index contributed by atoms with van der Waals surface area (Å²) >= 11 is 0. The SMILES string of the molecule is C=C(C)C(=O)OCCNC(=O)ON=C(C)CC.C=C(C)C(=O)OCCNC(=O)n1nc(C)cc1C. The van der Waals surface area contributed by atoms with Crippen molar-refractivity contribution >= 4 is 29.8 Å². The number of carbonyl (C=O) groups is 4. The molecule has 0 aliphatic heterocycles. The Labute approximate surface area is 205 Å². The lowest BCUT2D eigenvalue weighted by Gasteiger charge is -2.07. The number of oxime groups is 1. The fraction of sp³-hybridized carbons (Fsp3) is 0.478. The van der Waals surface area contributed by atoms with E-state index in [0.717, 1.165) is 11.4 Å². The molecule has 2 amide bonds. The molecule has 0 aromatic carbocycles. The number of rotatable bonds is 10. The zero-order chi connectivity index (χ0) is 27.0. The highest BCUT2D eigenvalue weighted by atomic mass is 16.7. The molecule has 194 valence electrons. The summed E-state index contributed by atoms with van der Waals surface area (Å²) in [5, 5.41) is 12.6. The van der Waals surface area contributed by atoms with Gasteiger partial charge in [-0.2, -0.15) is 9.78 Å². The van der Waals surface area contributed by atoms with E-state index in [1.807, 2.05) is 13.8 Å². The molecule has 2 N–H and O–H groups in total. The van der Waals surface area contributed by atoms with Crippen LogP contribution < -0.4 is 10.6 Å². The van der Waals surface area contributed by atoms with Crippen molar-refractivity contribution in [1.82, 2.24) is 20.4 Å². The van der Waals surface area contributed by atoms with E-state index in [-0.39, 0.29) is 32.3 Å². The minimum Gasteiger partial charge on any atom is -0.460 e. The van der Waals surface area contributed by atoms with Crippen LogP contribution in [-0.4, -0.2) is 65.9 Å². The van der Waals surface area contributed by atoms with Crippen LogP contribution in [-0.2, 0) is 23.9 Å². The third-order valence-electron chi connectivity index (χ3n) is 3.91. The molecule has 0 unspecified atom stereocenters. The minimum atomic E-state index is -0.677. The minimum absolute atomic E-state index is 0.0667. The number of nitrogens with one attached hydrogen (secondary N) is 2. The summed E-state index contributed by atoms with van der Waals surface area (Å²) in [6.45, 7) is 17.8. The highest BCUT2D eigenvalue weighted by molar-refractivity contribution is 5.87. The molecule has 35 heavy (non-hydrogen) atoms. The first-order valence-corrected chi connectivity index (χ1v) is 10.8. The Kier molecular flexibility index (Phi) is 14.7. The summed E-state index contributed by atoms with van der Waals surface area (Å²) in [4.78, 5) is 49.3. The van der Waals surface area contributed by atoms with Crippen LogP contribution in [0.2, 0.25) is 0 Å². The van der Waals surface area contributed by atoms with Gasteiger partial charge in [0.05, 0.1) is 24.5 Å². The summed E-state index contributed by atoms with van der Waals surface area (Å²) in [5.74, 6) is -0.949. The van der Waals surface area contributed by atoms with Crippen LogP contribution in [0, 0.1) is 13.8 Å². The van der Waals surface area contributed by atoms with Crippen LogP contribution in [0.25, 0.3) is 0 Å². The number of aromatic nitrogens is 2. The Morgan fingerprint density at radius 1 is 0.971 bits per heavy atom. The number of nitrogens with zero attached hydrogens (tertiary/aromatic N) is 3. The van der Waals surface area contributed by atoms with E-state index in [0.29, 0.717) is 23.3 Å². The second-order valence-corrected chi connectivity index (χ2v) is 7.39. The molecular formula is C23H35N5O7. The molecule has 1 heterocycles. The normalized spacial score (nSPS) is 10.3. The predicted molar refractivity (Wildman–Crippen MR) is 130 cm³/mol. The van der Waals surface area contributed by atoms with E-state index in [4.69, 9.17) is 9.47 Å². The Morgan fingerprint density at radius 2 is 1.49 bits per heavy atom. The Hall–Kier alpha value is -3.96. The third-order valence-corrected chi connectivity index (χ3v) is 3.91. The number of amides is 2. The van der Waals surface area contributed by atoms with Crippen LogP contribution in [0.5, 0.6) is 0 Å². The molecule has 0 aliphatic carbocycles. The molecular weight excluding hydrogens is 458 g/mol. The summed E-state index contributed by atoms with van der Waals surface area (Å²) < 4.78 is 10.9. The maximum Gasteiger partial charge on any atom is 0.433 e. The highest BCUT2D eigenvalue weighted by Gasteiger charge is 2.09. The molecule has 0 radical (unpaired) electrons. The van der Waals surface area contributed by atoms with Gasteiger partial charge in [-0.05, 0) is 47.1 Å². The summed E-state index contributed by atoms with van der Waals surface area (Å²) in [6.07, 6.45) is 0.0351. The van der Waals surface area contributed by atoms with Crippen molar-refractivity contribution in [3.8, 4) is 0 Å². The standard InChI is InChI=1S/C12H17N3O3.C11H18N2O4/c1-8(2)11(16)18-6-5-13-12(17)15-10(4)7-9(3)14-15;1-5-9(4)13-17-11(15)12-6-7-16-10(14)8(2)3/h7H,1,5-6H2,2-4H3,(H,13,17);2,5-7H2,1,3-4H3,(H,12,15). The van der Waals surface area contributed by atoms with E-state index in [9.17, 15) is 19.2 Å². The van der Waals surface area contributed by atoms with Crippen molar-refractivity contribution in [3.05, 3.63) is 41.8 Å². The van der Waals surface area contributed by atoms with E-state index in [1.165, 1.54) is 4.68 Å². The maximum absolute atomic E-state index is 11.7. The van der Waals surface area contributed by atoms with Gasteiger partial charge in [-0.3, -0.25) is 4.84 Å². The zero-order valence-corrected chi connectivity index (χ0v) is 21.2. The van der Waals surface area contributed by atoms with Crippen molar-refractivity contribution in [2.24, 2.45) is 5.16 Å². The zero-order valence-electron chi connectivity index (χ0n) is 21.2. The van der Waals surface area contributed by atoms with Gasteiger partial charge in [-0.15, -0.1) is 0 Å². The average Bonchev–Trinajstić information content (AvgIpc) is 3.15. The van der Waals surface area contributed by atoms with Crippen LogP contribution >= 0.6 is 0 Å². The molecule has 1 aromatic heterocycles. The topological polar surface area (TPSA) is 150 Å². The lowest BCUT2D eigenvalue weighted by Crippen LogP contribution is -2.33. The monoisotopic (exact) mass is 493 g/mol. The number of ether oxygens (including phenoxy) is 2. The first-order chi connectivity index (χ1) is 16.4. The average molecular weight is 494 g/mol. The van der Waals surface area contributed by atoms with Gasteiger partial charge < -0.3 is 20.1 Å². The predicted octanol–water partition coefficient (Wildman–Crippen LogP) is 2.79. The van der Waals surface area contributed by atoms with Gasteiger partial charge in [0, 0.05) is 16.8 Å². The molecule has 0 bridgehead atoms. The van der Waals surface area contributed by atoms with Crippen LogP contribution in [0.4, 0.5) is 9.59 Å². The number of hydrogen-bond acceptors (Lipinski definition) is 9. The van der Waals surface area contributed by atoms with Crippen molar-refractivity contribution in [1.29, 1.82) is 0 Å². The molecule has 0 atom stereocenters. The third kappa shape index (κ3) is 14.0. The van der Waals surface area contributed by atoms with E-state index >= 15 is 0 Å². The van der Waals surface area contributed by atoms with E-state index in [2.05, 4.69) is 38.9 Å². The first-order valence-electron chi connectivity index (χ1n) is 10.8. The smallest absolute Gasteiger partial charge is 0.433 e. The van der Waals surface area contributed by atoms with Crippen molar-refractivity contribution in [2.45, 2.75) is 48.0 Å². The van der Waals surface area contributed by atoms with Gasteiger partial charge in [0.2, 0.25) is 0 Å². The molecule has 0 fully saturated rings. The second kappa shape index (κ2) is 16.6. The van der Waals surface area contributed by atoms with Gasteiger partial charge in [-0.1, -0.05) is 25.2 Å². The Bertz CT molecular complexity index is 950. The lowest BCUT2D eigenvalue weighted by molar-refractivity contribution is -0.139. The largest absolute Gasteiger partial charge is 0.460 e. The molecule has 0 saturated heterocycles. The van der Waals surface area contributed by atoms with Gasteiger partial charge in [0.25, 0.3) is 0 Å². The molecule has 1 aromatic rings. The van der Waals surface area contributed by atoms with Crippen molar-refractivity contribution < 1.29 is 33.5 Å². The number of aryl methyl sites for hydroxylation is 2. The first kappa shape index (κ1) is 31.0. The van der Waals surface area contributed by atoms with E-state index in [1.54, 1.807) is 33.8 Å². The van der Waals surface area contributed by atoms with Gasteiger partial charge >= 0.3 is 24.1 Å². The van der Waals surface area contributed by atoms with Gasteiger partial charge in [0.15, 0.2) is 0 Å². The lowest BCUT2D eigenvalue weighted by atomic mass is 10.3. The number of hydrogen-bond donors (Lipinski definition) is 2. The summed E-state index contributed by atoms with van der Waals surface area (Å²) in [7, 11) is 0.